The number of para-hydroxylation sites is 1. The number of rotatable bonds is 1. The Morgan fingerprint density at radius 2 is 1.71 bits per heavy atom. The van der Waals surface area contributed by atoms with Crippen LogP contribution in [0.25, 0.3) is 20.8 Å². The summed E-state index contributed by atoms with van der Waals surface area (Å²) < 4.78 is 1.11. The molecule has 3 nitrogen and oxygen atoms in total. The molecule has 3 aromatic rings. The summed E-state index contributed by atoms with van der Waals surface area (Å²) in [6.07, 6.45) is 0. The van der Waals surface area contributed by atoms with Gasteiger partial charge >= 0.3 is 0 Å². The molecule has 0 saturated heterocycles. The van der Waals surface area contributed by atoms with Crippen molar-refractivity contribution in [3.05, 3.63) is 42.5 Å². The predicted molar refractivity (Wildman–Crippen MR) is 73.9 cm³/mol. The molecule has 0 bridgehead atoms. The van der Waals surface area contributed by atoms with E-state index in [1.165, 1.54) is 0 Å². The van der Waals surface area contributed by atoms with E-state index in [9.17, 15) is 0 Å². The van der Waals surface area contributed by atoms with Gasteiger partial charge in [0.2, 0.25) is 0 Å². The molecule has 1 heterocycles. The molecule has 0 aliphatic heterocycles. The number of thiazole rings is 1. The third-order valence-corrected chi connectivity index (χ3v) is 3.68. The van der Waals surface area contributed by atoms with Gasteiger partial charge in [0, 0.05) is 11.3 Å². The monoisotopic (exact) mass is 241 g/mol. The van der Waals surface area contributed by atoms with Gasteiger partial charge in [0.25, 0.3) is 0 Å². The van der Waals surface area contributed by atoms with Crippen molar-refractivity contribution in [2.75, 3.05) is 11.5 Å². The highest BCUT2D eigenvalue weighted by molar-refractivity contribution is 7.21. The van der Waals surface area contributed by atoms with Crippen molar-refractivity contribution in [2.24, 2.45) is 0 Å². The third kappa shape index (κ3) is 1.72. The fraction of sp³-hybridized carbons (Fsp3) is 0. The molecule has 0 saturated carbocycles. The van der Waals surface area contributed by atoms with Gasteiger partial charge in [-0.1, -0.05) is 6.07 Å². The molecule has 4 heteroatoms. The van der Waals surface area contributed by atoms with E-state index in [-0.39, 0.29) is 0 Å². The van der Waals surface area contributed by atoms with Gasteiger partial charge in [-0.15, -0.1) is 11.3 Å². The minimum Gasteiger partial charge on any atom is -0.399 e. The molecule has 0 aliphatic rings. The number of aromatic nitrogens is 1. The van der Waals surface area contributed by atoms with Gasteiger partial charge in [-0.05, 0) is 36.4 Å². The quantitative estimate of drug-likeness (QED) is 0.643. The second kappa shape index (κ2) is 3.75. The lowest BCUT2D eigenvalue weighted by Crippen LogP contribution is -1.85. The molecule has 0 fully saturated rings. The van der Waals surface area contributed by atoms with Crippen LogP contribution in [0.3, 0.4) is 0 Å². The highest BCUT2D eigenvalue weighted by Crippen LogP contribution is 2.32. The molecule has 84 valence electrons. The highest BCUT2D eigenvalue weighted by atomic mass is 32.1. The van der Waals surface area contributed by atoms with Crippen LogP contribution in [0.2, 0.25) is 0 Å². The van der Waals surface area contributed by atoms with Crippen molar-refractivity contribution in [1.29, 1.82) is 0 Å². The van der Waals surface area contributed by atoms with E-state index in [4.69, 9.17) is 11.5 Å². The van der Waals surface area contributed by atoms with Crippen LogP contribution < -0.4 is 11.5 Å². The van der Waals surface area contributed by atoms with Gasteiger partial charge < -0.3 is 11.5 Å². The molecule has 0 atom stereocenters. The van der Waals surface area contributed by atoms with E-state index < -0.39 is 0 Å². The molecule has 0 amide bonds. The lowest BCUT2D eigenvalue weighted by Gasteiger charge is -1.96. The molecule has 0 spiro atoms. The van der Waals surface area contributed by atoms with E-state index in [0.29, 0.717) is 0 Å². The summed E-state index contributed by atoms with van der Waals surface area (Å²) in [5.74, 6) is 0. The van der Waals surface area contributed by atoms with Crippen LogP contribution >= 0.6 is 11.3 Å². The number of anilines is 2. The summed E-state index contributed by atoms with van der Waals surface area (Å²) in [6, 6.07) is 13.6. The van der Waals surface area contributed by atoms with Crippen LogP contribution in [0.5, 0.6) is 0 Å². The van der Waals surface area contributed by atoms with Crippen LogP contribution in [-0.2, 0) is 0 Å². The molecule has 17 heavy (non-hydrogen) atoms. The average molecular weight is 241 g/mol. The van der Waals surface area contributed by atoms with Crippen molar-refractivity contribution in [1.82, 2.24) is 4.98 Å². The summed E-state index contributed by atoms with van der Waals surface area (Å²) >= 11 is 1.64. The predicted octanol–water partition coefficient (Wildman–Crippen LogP) is 3.13. The first-order valence-electron chi connectivity index (χ1n) is 5.25. The SMILES string of the molecule is Nc1ccc(-c2nc3c(N)cccc3s2)cc1. The highest BCUT2D eigenvalue weighted by Gasteiger charge is 2.07. The zero-order valence-corrected chi connectivity index (χ0v) is 9.87. The minimum absolute atomic E-state index is 0.723. The Balaban J connectivity index is 2.18. The average Bonchev–Trinajstić information content (AvgIpc) is 2.75. The Morgan fingerprint density at radius 1 is 0.941 bits per heavy atom. The van der Waals surface area contributed by atoms with Crippen LogP contribution in [-0.4, -0.2) is 4.98 Å². The largest absolute Gasteiger partial charge is 0.399 e. The normalized spacial score (nSPS) is 10.8. The Labute approximate surface area is 103 Å². The van der Waals surface area contributed by atoms with Gasteiger partial charge in [0.1, 0.15) is 10.5 Å². The maximum Gasteiger partial charge on any atom is 0.124 e. The topological polar surface area (TPSA) is 64.9 Å². The maximum atomic E-state index is 5.90. The standard InChI is InChI=1S/C13H11N3S/c14-9-6-4-8(5-7-9)13-16-12-10(15)2-1-3-11(12)17-13/h1-7H,14-15H2. The van der Waals surface area contributed by atoms with E-state index in [0.717, 1.165) is 32.2 Å². The van der Waals surface area contributed by atoms with E-state index in [2.05, 4.69) is 4.98 Å². The first-order valence-corrected chi connectivity index (χ1v) is 6.06. The number of nitrogens with two attached hydrogens (primary N) is 2. The van der Waals surface area contributed by atoms with Crippen molar-refractivity contribution in [2.45, 2.75) is 0 Å². The first kappa shape index (κ1) is 10.1. The second-order valence-corrected chi connectivity index (χ2v) is 4.87. The molecule has 0 unspecified atom stereocenters. The number of nitrogen functional groups attached to an aromatic ring is 2. The molecule has 0 aliphatic carbocycles. The summed E-state index contributed by atoms with van der Waals surface area (Å²) in [5.41, 5.74) is 15.0. The molecule has 4 N–H and O–H groups in total. The molecule has 0 radical (unpaired) electrons. The minimum atomic E-state index is 0.723. The number of benzene rings is 2. The smallest absolute Gasteiger partial charge is 0.124 e. The fourth-order valence-electron chi connectivity index (χ4n) is 1.72. The van der Waals surface area contributed by atoms with Crippen molar-refractivity contribution >= 4 is 32.9 Å². The van der Waals surface area contributed by atoms with Crippen LogP contribution in [0.4, 0.5) is 11.4 Å². The van der Waals surface area contributed by atoms with Crippen LogP contribution in [0.15, 0.2) is 42.5 Å². The summed E-state index contributed by atoms with van der Waals surface area (Å²) in [5, 5.41) is 0.970. The Morgan fingerprint density at radius 3 is 2.41 bits per heavy atom. The van der Waals surface area contributed by atoms with Crippen LogP contribution in [0.1, 0.15) is 0 Å². The van der Waals surface area contributed by atoms with Gasteiger partial charge in [-0.2, -0.15) is 0 Å². The number of hydrogen-bond donors (Lipinski definition) is 2. The maximum absolute atomic E-state index is 5.90. The first-order chi connectivity index (χ1) is 8.24. The molecule has 1 aromatic heterocycles. The Hall–Kier alpha value is -2.07. The lowest BCUT2D eigenvalue weighted by molar-refractivity contribution is 1.48. The number of fused-ring (bicyclic) bond motifs is 1. The van der Waals surface area contributed by atoms with Gasteiger partial charge in [-0.25, -0.2) is 4.98 Å². The molecule has 2 aromatic carbocycles. The molecular formula is C13H11N3S. The van der Waals surface area contributed by atoms with E-state index >= 15 is 0 Å². The third-order valence-electron chi connectivity index (χ3n) is 2.61. The zero-order chi connectivity index (χ0) is 11.8. The zero-order valence-electron chi connectivity index (χ0n) is 9.05. The van der Waals surface area contributed by atoms with Gasteiger partial charge in [0.05, 0.1) is 10.4 Å². The van der Waals surface area contributed by atoms with Crippen molar-refractivity contribution in [3.63, 3.8) is 0 Å². The summed E-state index contributed by atoms with van der Waals surface area (Å²) in [4.78, 5) is 4.56. The van der Waals surface area contributed by atoms with Gasteiger partial charge in [0.15, 0.2) is 0 Å². The molecule has 3 rings (SSSR count). The van der Waals surface area contributed by atoms with E-state index in [1.807, 2.05) is 42.5 Å². The summed E-state index contributed by atoms with van der Waals surface area (Å²) in [7, 11) is 0. The number of hydrogen-bond acceptors (Lipinski definition) is 4. The second-order valence-electron chi connectivity index (χ2n) is 3.84. The van der Waals surface area contributed by atoms with Crippen molar-refractivity contribution in [3.8, 4) is 10.6 Å². The lowest BCUT2D eigenvalue weighted by atomic mass is 10.2. The molecular weight excluding hydrogens is 230 g/mol. The summed E-state index contributed by atoms with van der Waals surface area (Å²) in [6.45, 7) is 0. The van der Waals surface area contributed by atoms with Crippen molar-refractivity contribution < 1.29 is 0 Å². The van der Waals surface area contributed by atoms with Gasteiger partial charge in [-0.3, -0.25) is 0 Å². The number of nitrogens with zero attached hydrogens (tertiary/aromatic N) is 1. The fourth-order valence-corrected chi connectivity index (χ4v) is 2.72. The Kier molecular flexibility index (Phi) is 2.23. The van der Waals surface area contributed by atoms with Crippen LogP contribution in [0, 0.1) is 0 Å². The Bertz CT molecular complexity index is 671. The van der Waals surface area contributed by atoms with E-state index in [1.54, 1.807) is 11.3 Å².